The molecule has 11 heteroatoms. The summed E-state index contributed by atoms with van der Waals surface area (Å²) in [4.78, 5) is 17.2. The predicted octanol–water partition coefficient (Wildman–Crippen LogP) is 7.73. The summed E-state index contributed by atoms with van der Waals surface area (Å²) < 4.78 is 63.3. The van der Waals surface area contributed by atoms with E-state index in [2.05, 4.69) is 11.0 Å². The van der Waals surface area contributed by atoms with Gasteiger partial charge in [0.1, 0.15) is 30.5 Å². The molecule has 0 saturated carbocycles. The molecule has 4 aromatic rings. The number of amides is 1. The van der Waals surface area contributed by atoms with E-state index in [0.29, 0.717) is 50.8 Å². The molecule has 1 fully saturated rings. The number of rotatable bonds is 16. The Morgan fingerprint density at radius 1 is 0.846 bits per heavy atom. The number of methoxy groups -OCH3 is 1. The maximum absolute atomic E-state index is 14.6. The van der Waals surface area contributed by atoms with Gasteiger partial charge in [-0.25, -0.2) is 4.79 Å². The van der Waals surface area contributed by atoms with Gasteiger partial charge in [0.2, 0.25) is 0 Å². The van der Waals surface area contributed by atoms with Gasteiger partial charge in [0.15, 0.2) is 13.2 Å². The number of hydrogen-bond donors (Lipinski definition) is 0. The van der Waals surface area contributed by atoms with Gasteiger partial charge in [-0.1, -0.05) is 66.7 Å². The number of piperidine rings is 1. The molecule has 1 saturated heterocycles. The van der Waals surface area contributed by atoms with Crippen LogP contribution in [0.5, 0.6) is 17.2 Å². The van der Waals surface area contributed by atoms with Crippen molar-refractivity contribution in [2.45, 2.75) is 44.0 Å². The Morgan fingerprint density at radius 3 is 2.29 bits per heavy atom. The second kappa shape index (κ2) is 18.1. The first kappa shape index (κ1) is 36.9. The number of para-hydroxylation sites is 1. The predicted molar refractivity (Wildman–Crippen MR) is 194 cm³/mol. The van der Waals surface area contributed by atoms with Crippen LogP contribution >= 0.6 is 0 Å². The second-order valence-corrected chi connectivity index (χ2v) is 13.0. The molecule has 2 aliphatic heterocycles. The van der Waals surface area contributed by atoms with E-state index in [1.807, 2.05) is 54.6 Å². The SMILES string of the molecule is COCCCN1CCOc2ccc(COC3CN(C(=O)OCc4ccccc4)CCC3c3ccc(OCC(F)(F)COc4ccccc4)cc3)cc21. The molecule has 52 heavy (non-hydrogen) atoms. The number of likely N-dealkylation sites (tertiary alicyclic amines) is 1. The van der Waals surface area contributed by atoms with E-state index in [1.165, 1.54) is 0 Å². The van der Waals surface area contributed by atoms with Crippen molar-refractivity contribution in [3.8, 4) is 17.2 Å². The highest BCUT2D eigenvalue weighted by atomic mass is 19.3. The van der Waals surface area contributed by atoms with E-state index in [-0.39, 0.29) is 18.6 Å². The lowest BCUT2D eigenvalue weighted by Crippen LogP contribution is -2.47. The van der Waals surface area contributed by atoms with Crippen molar-refractivity contribution in [3.63, 3.8) is 0 Å². The number of benzene rings is 4. The van der Waals surface area contributed by atoms with Gasteiger partial charge in [0.05, 0.1) is 31.5 Å². The molecule has 2 heterocycles. The number of carbonyl (C=O) groups excluding carboxylic acids is 1. The first-order chi connectivity index (χ1) is 25.4. The van der Waals surface area contributed by atoms with Crippen molar-refractivity contribution < 1.29 is 42.0 Å². The molecule has 276 valence electrons. The molecule has 2 unspecified atom stereocenters. The molecular formula is C41H46F2N2O7. The summed E-state index contributed by atoms with van der Waals surface area (Å²) in [6.45, 7) is 2.70. The highest BCUT2D eigenvalue weighted by Gasteiger charge is 2.35. The van der Waals surface area contributed by atoms with Crippen LogP contribution in [0.1, 0.15) is 35.4 Å². The van der Waals surface area contributed by atoms with Crippen LogP contribution in [0.3, 0.4) is 0 Å². The smallest absolute Gasteiger partial charge is 0.410 e. The normalized spacial score (nSPS) is 17.2. The van der Waals surface area contributed by atoms with Crippen molar-refractivity contribution in [2.24, 2.45) is 0 Å². The average molecular weight is 717 g/mol. The first-order valence-electron chi connectivity index (χ1n) is 17.7. The number of ether oxygens (including phenoxy) is 6. The van der Waals surface area contributed by atoms with Crippen LogP contribution in [0.2, 0.25) is 0 Å². The summed E-state index contributed by atoms with van der Waals surface area (Å²) in [5.74, 6) is -1.69. The van der Waals surface area contributed by atoms with E-state index in [0.717, 1.165) is 47.6 Å². The lowest BCUT2D eigenvalue weighted by Gasteiger charge is -2.38. The van der Waals surface area contributed by atoms with Crippen molar-refractivity contribution in [1.29, 1.82) is 0 Å². The van der Waals surface area contributed by atoms with E-state index in [1.54, 1.807) is 54.5 Å². The Hall–Kier alpha value is -4.87. The van der Waals surface area contributed by atoms with Crippen LogP contribution in [0.25, 0.3) is 0 Å². The molecule has 0 spiro atoms. The third-order valence-electron chi connectivity index (χ3n) is 9.20. The molecule has 0 radical (unpaired) electrons. The molecule has 0 aromatic heterocycles. The minimum Gasteiger partial charge on any atom is -0.490 e. The van der Waals surface area contributed by atoms with E-state index in [9.17, 15) is 13.6 Å². The van der Waals surface area contributed by atoms with E-state index in [4.69, 9.17) is 28.4 Å². The zero-order valence-electron chi connectivity index (χ0n) is 29.5. The third-order valence-corrected chi connectivity index (χ3v) is 9.20. The van der Waals surface area contributed by atoms with Crippen LogP contribution in [0.4, 0.5) is 19.3 Å². The summed E-state index contributed by atoms with van der Waals surface area (Å²) in [6.07, 6.45) is 0.792. The lowest BCUT2D eigenvalue weighted by molar-refractivity contribution is -0.0728. The van der Waals surface area contributed by atoms with Crippen LogP contribution < -0.4 is 19.1 Å². The van der Waals surface area contributed by atoms with Gasteiger partial charge in [0, 0.05) is 32.7 Å². The number of hydrogen-bond acceptors (Lipinski definition) is 8. The van der Waals surface area contributed by atoms with Crippen LogP contribution in [-0.2, 0) is 27.4 Å². The van der Waals surface area contributed by atoms with E-state index < -0.39 is 25.2 Å². The largest absolute Gasteiger partial charge is 0.490 e. The van der Waals surface area contributed by atoms with Gasteiger partial charge in [-0.05, 0) is 65.9 Å². The lowest BCUT2D eigenvalue weighted by atomic mass is 9.87. The highest BCUT2D eigenvalue weighted by Crippen LogP contribution is 2.35. The van der Waals surface area contributed by atoms with Gasteiger partial charge in [-0.3, -0.25) is 0 Å². The summed E-state index contributed by atoms with van der Waals surface area (Å²) in [5, 5.41) is 0. The minimum atomic E-state index is -3.18. The highest BCUT2D eigenvalue weighted by molar-refractivity contribution is 5.68. The fraction of sp³-hybridized carbons (Fsp3) is 0.390. The molecule has 0 bridgehead atoms. The Labute approximate surface area is 303 Å². The number of alkyl halides is 2. The Morgan fingerprint density at radius 2 is 1.56 bits per heavy atom. The quantitative estimate of drug-likeness (QED) is 0.109. The molecule has 0 aliphatic carbocycles. The molecule has 6 rings (SSSR count). The maximum atomic E-state index is 14.6. The number of carbonyl (C=O) groups is 1. The number of anilines is 1. The molecule has 9 nitrogen and oxygen atoms in total. The molecule has 1 amide bonds. The topological polar surface area (TPSA) is 78.9 Å². The van der Waals surface area contributed by atoms with Crippen molar-refractivity contribution >= 4 is 11.8 Å². The zero-order chi connectivity index (χ0) is 36.2. The number of halogens is 2. The maximum Gasteiger partial charge on any atom is 0.410 e. The summed E-state index contributed by atoms with van der Waals surface area (Å²) >= 11 is 0. The van der Waals surface area contributed by atoms with Crippen LogP contribution in [0.15, 0.2) is 103 Å². The van der Waals surface area contributed by atoms with Crippen molar-refractivity contribution in [3.05, 3.63) is 120 Å². The molecule has 4 aromatic carbocycles. The van der Waals surface area contributed by atoms with E-state index >= 15 is 0 Å². The molecule has 2 aliphatic rings. The standard InChI is InChI=1S/C41H46F2N2O7/c1-47-23-8-20-44-22-24-48-38-18-13-32(25-37(38)44)28-49-39-26-45(40(46)50-27-31-9-4-2-5-10-31)21-19-36(39)33-14-16-35(17-15-33)52-30-41(42,43)29-51-34-11-6-3-7-12-34/h2-7,9-18,25,36,39H,8,19-24,26-30H2,1H3. The van der Waals surface area contributed by atoms with Crippen molar-refractivity contribution in [1.82, 2.24) is 4.90 Å². The van der Waals surface area contributed by atoms with Gasteiger partial charge < -0.3 is 38.2 Å². The molecule has 2 atom stereocenters. The van der Waals surface area contributed by atoms with Crippen molar-refractivity contribution in [2.75, 3.05) is 64.6 Å². The molecule has 0 N–H and O–H groups in total. The summed E-state index contributed by atoms with van der Waals surface area (Å²) in [7, 11) is 1.71. The van der Waals surface area contributed by atoms with Gasteiger partial charge in [0.25, 0.3) is 0 Å². The second-order valence-electron chi connectivity index (χ2n) is 13.0. The third kappa shape index (κ3) is 10.4. The molecular weight excluding hydrogens is 670 g/mol. The fourth-order valence-corrected chi connectivity index (χ4v) is 6.43. The van der Waals surface area contributed by atoms with Crippen LogP contribution in [0, 0.1) is 0 Å². The van der Waals surface area contributed by atoms with Gasteiger partial charge >= 0.3 is 12.0 Å². The Bertz CT molecular complexity index is 1690. The average Bonchev–Trinajstić information content (AvgIpc) is 3.19. The van der Waals surface area contributed by atoms with Gasteiger partial charge in [-0.15, -0.1) is 0 Å². The Balaban J connectivity index is 1.11. The first-order valence-corrected chi connectivity index (χ1v) is 17.7. The fourth-order valence-electron chi connectivity index (χ4n) is 6.43. The summed E-state index contributed by atoms with van der Waals surface area (Å²) in [6, 6.07) is 31.3. The minimum absolute atomic E-state index is 0.0561. The summed E-state index contributed by atoms with van der Waals surface area (Å²) in [5.41, 5.74) is 3.90. The van der Waals surface area contributed by atoms with Gasteiger partial charge in [-0.2, -0.15) is 8.78 Å². The van der Waals surface area contributed by atoms with Crippen LogP contribution in [-0.4, -0.2) is 82.7 Å². The zero-order valence-corrected chi connectivity index (χ0v) is 29.5. The number of fused-ring (bicyclic) bond motifs is 1. The Kier molecular flexibility index (Phi) is 12.8. The monoisotopic (exact) mass is 716 g/mol. The number of nitrogens with zero attached hydrogens (tertiary/aromatic N) is 2.